The second-order valence-corrected chi connectivity index (χ2v) is 5.25. The number of aromatic nitrogens is 2. The molecule has 1 rings (SSSR count). The van der Waals surface area contributed by atoms with E-state index in [-0.39, 0.29) is 34.1 Å². The number of nitrogens with zero attached hydrogens (tertiary/aromatic N) is 1. The third kappa shape index (κ3) is 9.54. The summed E-state index contributed by atoms with van der Waals surface area (Å²) in [5.41, 5.74) is 0. The molecule has 1 aromatic rings. The minimum Gasteiger partial charge on any atom is -0.394 e. The molecule has 0 saturated carbocycles. The summed E-state index contributed by atoms with van der Waals surface area (Å²) in [5, 5.41) is 15.7. The second-order valence-electron chi connectivity index (χ2n) is 2.19. The van der Waals surface area contributed by atoms with Gasteiger partial charge < -0.3 is 15.2 Å². The maximum atomic E-state index is 9.88. The predicted octanol–water partition coefficient (Wildman–Crippen LogP) is -1.72. The molecule has 0 bridgehead atoms. The van der Waals surface area contributed by atoms with Crippen LogP contribution in [0.25, 0.3) is 0 Å². The molecule has 1 aromatic heterocycles. The van der Waals surface area contributed by atoms with Gasteiger partial charge in [0, 0.05) is 12.4 Å². The normalized spacial score (nSPS) is 9.67. The van der Waals surface area contributed by atoms with Crippen LogP contribution in [0.15, 0.2) is 18.7 Å². The van der Waals surface area contributed by atoms with Crippen molar-refractivity contribution in [2.75, 3.05) is 13.2 Å². The van der Waals surface area contributed by atoms with E-state index in [1.165, 1.54) is 0 Å². The van der Waals surface area contributed by atoms with E-state index in [1.54, 1.807) is 18.7 Å². The Bertz CT molecular complexity index is 273. The predicted molar refractivity (Wildman–Crippen MR) is 59.8 cm³/mol. The van der Waals surface area contributed by atoms with Crippen molar-refractivity contribution in [1.82, 2.24) is 9.97 Å². The Balaban J connectivity index is 0. The van der Waals surface area contributed by atoms with Crippen LogP contribution < -0.4 is 0 Å². The molecule has 18 heavy (non-hydrogen) atoms. The smallest absolute Gasteiger partial charge is 0.0919 e. The van der Waals surface area contributed by atoms with Crippen molar-refractivity contribution in [3.63, 3.8) is 0 Å². The molecule has 0 saturated heterocycles. The molecule has 9 heteroatoms. The zero-order chi connectivity index (χ0) is 14.3. The molecule has 0 radical (unpaired) electrons. The Hall–Kier alpha value is -1.68. The molecule has 0 amide bonds. The number of aliphatic hydroxyl groups excluding tert-OH is 2. The van der Waals surface area contributed by atoms with Gasteiger partial charge in [-0.25, -0.2) is 4.98 Å². The van der Waals surface area contributed by atoms with Crippen LogP contribution in [0, 0.1) is 0 Å². The molecule has 105 valence electrons. The average Bonchev–Trinajstić information content (AvgIpc) is 3.02. The Morgan fingerprint density at radius 1 is 1.00 bits per heavy atom. The fraction of sp³-hybridized carbons (Fsp3) is 0.222. The fourth-order valence-electron chi connectivity index (χ4n) is 0.326. The number of carbonyl (C=O) groups is 4. The zero-order valence-corrected chi connectivity index (χ0v) is 10.3. The summed E-state index contributed by atoms with van der Waals surface area (Å²) in [6.07, 6.45) is 5.08. The zero-order valence-electron chi connectivity index (χ0n) is 9.26. The van der Waals surface area contributed by atoms with Gasteiger partial charge >= 0.3 is 52.7 Å². The van der Waals surface area contributed by atoms with Crippen LogP contribution in [0.5, 0.6) is 0 Å². The maximum Gasteiger partial charge on any atom is 0.0919 e. The van der Waals surface area contributed by atoms with Gasteiger partial charge in [-0.3, -0.25) is 0 Å². The van der Waals surface area contributed by atoms with Gasteiger partial charge in [0.25, 0.3) is 0 Å². The molecule has 0 spiro atoms. The number of aromatic amines is 1. The molecule has 3 N–H and O–H groups in total. The molecule has 1 heterocycles. The van der Waals surface area contributed by atoms with Crippen molar-refractivity contribution in [3.8, 4) is 0 Å². The third-order valence-electron chi connectivity index (χ3n) is 1.05. The van der Waals surface area contributed by atoms with Crippen molar-refractivity contribution < 1.29 is 42.0 Å². The van der Waals surface area contributed by atoms with Gasteiger partial charge in [-0.15, -0.1) is 0 Å². The van der Waals surface area contributed by atoms with Gasteiger partial charge in [0.2, 0.25) is 0 Å². The summed E-state index contributed by atoms with van der Waals surface area (Å²) in [6, 6.07) is 0. The van der Waals surface area contributed by atoms with Gasteiger partial charge in [-0.2, -0.15) is 0 Å². The molecule has 0 unspecified atom stereocenters. The van der Waals surface area contributed by atoms with Gasteiger partial charge in [0.05, 0.1) is 19.5 Å². The number of hydrogen-bond acceptors (Lipinski definition) is 7. The monoisotopic (exact) mass is 305 g/mol. The van der Waals surface area contributed by atoms with E-state index in [1.807, 2.05) is 0 Å². The number of rotatable bonds is 5. The Morgan fingerprint density at radius 3 is 1.50 bits per heavy atom. The van der Waals surface area contributed by atoms with Crippen molar-refractivity contribution in [3.05, 3.63) is 18.7 Å². The number of H-pyrrole nitrogens is 1. The summed E-state index contributed by atoms with van der Waals surface area (Å²) in [5.74, 6) is 0. The standard InChI is InChI=1S/C3H4N2.C2H6O2.4CHO.Co/c1-2-5-3-4-1;3-1-2-4;4*1-2;/h1-3H,(H,4,5);3-4H,1-2H2;4*1H;. The maximum absolute atomic E-state index is 9.88. The van der Waals surface area contributed by atoms with E-state index < -0.39 is 12.6 Å². The van der Waals surface area contributed by atoms with Gasteiger partial charge in [-0.1, -0.05) is 0 Å². The third-order valence-corrected chi connectivity index (χ3v) is 2.75. The number of carbonyl (C=O) groups excluding carboxylic acids is 4. The number of hydrogen-bond donors (Lipinski definition) is 3. The first-order valence-corrected chi connectivity index (χ1v) is 6.68. The first-order chi connectivity index (χ1) is 8.66. The summed E-state index contributed by atoms with van der Waals surface area (Å²) in [4.78, 5) is 45.9. The summed E-state index contributed by atoms with van der Waals surface area (Å²) < 4.78 is 0. The number of aliphatic hydroxyl groups is 2. The average molecular weight is 305 g/mol. The first kappa shape index (κ1) is 18.7. The van der Waals surface area contributed by atoms with Crippen LogP contribution in [0.2, 0.25) is 0 Å². The largest absolute Gasteiger partial charge is 0.394 e. The van der Waals surface area contributed by atoms with Gasteiger partial charge in [0.1, 0.15) is 0 Å². The van der Waals surface area contributed by atoms with E-state index in [2.05, 4.69) is 9.97 Å². The Labute approximate surface area is 105 Å². The van der Waals surface area contributed by atoms with Crippen molar-refractivity contribution in [1.29, 1.82) is 0 Å². The van der Waals surface area contributed by atoms with E-state index in [0.717, 1.165) is 0 Å². The minimum atomic E-state index is -3.12. The molecule has 0 fully saturated rings. The molecule has 8 nitrogen and oxygen atoms in total. The van der Waals surface area contributed by atoms with Crippen molar-refractivity contribution in [2.45, 2.75) is 0 Å². The molecular weight excluding hydrogens is 291 g/mol. The Kier molecular flexibility index (Phi) is 13.9. The fourth-order valence-corrected chi connectivity index (χ4v) is 0.673. The topological polar surface area (TPSA) is 137 Å². The molecule has 0 aliphatic carbocycles. The molecule has 0 atom stereocenters. The van der Waals surface area contributed by atoms with Gasteiger partial charge in [-0.05, 0) is 0 Å². The van der Waals surface area contributed by atoms with E-state index in [4.69, 9.17) is 10.2 Å². The van der Waals surface area contributed by atoms with Crippen molar-refractivity contribution in [2.24, 2.45) is 0 Å². The van der Waals surface area contributed by atoms with Crippen LogP contribution in [-0.4, -0.2) is 54.3 Å². The molecular formula is C9H14CoN2O6. The van der Waals surface area contributed by atoms with Crippen LogP contribution in [0.1, 0.15) is 0 Å². The number of imidazole rings is 1. The van der Waals surface area contributed by atoms with E-state index in [9.17, 15) is 19.2 Å². The SMILES string of the molecule is O=[CH][Co]([CH]=O)([CH]=O)[CH]=O.OCCO.c1c[nH]cn1. The number of nitrogens with one attached hydrogen (secondary N) is 1. The van der Waals surface area contributed by atoms with Crippen molar-refractivity contribution >= 4 is 20.9 Å². The van der Waals surface area contributed by atoms with Gasteiger partial charge in [0.15, 0.2) is 0 Å². The first-order valence-electron chi connectivity index (χ1n) is 4.27. The van der Waals surface area contributed by atoms with Crippen LogP contribution in [-0.2, 0) is 31.8 Å². The Morgan fingerprint density at radius 2 is 1.44 bits per heavy atom. The second kappa shape index (κ2) is 13.4. The van der Waals surface area contributed by atoms with Crippen LogP contribution >= 0.6 is 0 Å². The summed E-state index contributed by atoms with van der Waals surface area (Å²) in [6.45, 7) is -0.250. The molecule has 0 aliphatic rings. The summed E-state index contributed by atoms with van der Waals surface area (Å²) in [7, 11) is 0. The van der Waals surface area contributed by atoms with E-state index in [0.29, 0.717) is 0 Å². The quantitative estimate of drug-likeness (QED) is 0.550. The van der Waals surface area contributed by atoms with E-state index >= 15 is 0 Å². The molecule has 0 aromatic carbocycles. The molecule has 0 aliphatic heterocycles. The van der Waals surface area contributed by atoms with Crippen LogP contribution in [0.4, 0.5) is 0 Å². The minimum absolute atomic E-state index is 0.109. The summed E-state index contributed by atoms with van der Waals surface area (Å²) >= 11 is -3.12. The van der Waals surface area contributed by atoms with Crippen LogP contribution in [0.3, 0.4) is 0 Å².